The van der Waals surface area contributed by atoms with Crippen molar-refractivity contribution in [1.29, 1.82) is 0 Å². The Balaban J connectivity index is 2.13. The number of benzene rings is 1. The van der Waals surface area contributed by atoms with Gasteiger partial charge in [-0.05, 0) is 42.4 Å². The van der Waals surface area contributed by atoms with Gasteiger partial charge in [-0.2, -0.15) is 0 Å². The topological polar surface area (TPSA) is 12.0 Å². The molecule has 0 radical (unpaired) electrons. The minimum absolute atomic E-state index is 0.502. The van der Waals surface area contributed by atoms with Crippen LogP contribution in [0.1, 0.15) is 23.6 Å². The second-order valence-electron chi connectivity index (χ2n) is 5.01. The van der Waals surface area contributed by atoms with Gasteiger partial charge in [0.2, 0.25) is 0 Å². The molecule has 0 aromatic heterocycles. The second kappa shape index (κ2) is 3.39. The summed E-state index contributed by atoms with van der Waals surface area (Å²) in [5.41, 5.74) is 4.79. The lowest BCUT2D eigenvalue weighted by Gasteiger charge is -2.39. The van der Waals surface area contributed by atoms with Crippen LogP contribution in [-0.4, -0.2) is 13.1 Å². The van der Waals surface area contributed by atoms with Crippen LogP contribution >= 0.6 is 0 Å². The lowest BCUT2D eigenvalue weighted by molar-refractivity contribution is 0.195. The van der Waals surface area contributed by atoms with Gasteiger partial charge in [0, 0.05) is 13.1 Å². The molecule has 1 aliphatic rings. The zero-order valence-electron chi connectivity index (χ0n) is 9.35. The van der Waals surface area contributed by atoms with Crippen molar-refractivity contribution in [1.82, 2.24) is 5.32 Å². The molecule has 0 aliphatic carbocycles. The number of hydrogen-bond donors (Lipinski definition) is 1. The number of hydrogen-bond acceptors (Lipinski definition) is 1. The highest BCUT2D eigenvalue weighted by molar-refractivity contribution is 5.30. The van der Waals surface area contributed by atoms with Crippen molar-refractivity contribution in [2.75, 3.05) is 13.1 Å². The molecule has 0 saturated carbocycles. The van der Waals surface area contributed by atoms with E-state index in [0.29, 0.717) is 5.41 Å². The van der Waals surface area contributed by atoms with Gasteiger partial charge < -0.3 is 5.32 Å². The summed E-state index contributed by atoms with van der Waals surface area (Å²) in [5.74, 6) is 0. The fraction of sp³-hybridized carbons (Fsp3) is 0.538. The summed E-state index contributed by atoms with van der Waals surface area (Å²) < 4.78 is 0. The van der Waals surface area contributed by atoms with Crippen molar-refractivity contribution < 1.29 is 0 Å². The van der Waals surface area contributed by atoms with Crippen LogP contribution in [0.2, 0.25) is 0 Å². The Morgan fingerprint density at radius 1 is 1.21 bits per heavy atom. The standard InChI is InChI=1S/C13H19N/c1-10-4-5-12(6-11(10)2)7-13(3)8-14-9-13/h4-6,14H,7-9H2,1-3H3. The van der Waals surface area contributed by atoms with Crippen molar-refractivity contribution in [2.24, 2.45) is 5.41 Å². The maximum atomic E-state index is 3.35. The van der Waals surface area contributed by atoms with Crippen molar-refractivity contribution in [3.05, 3.63) is 34.9 Å². The van der Waals surface area contributed by atoms with E-state index in [-0.39, 0.29) is 0 Å². The molecule has 1 saturated heterocycles. The highest BCUT2D eigenvalue weighted by atomic mass is 15.0. The van der Waals surface area contributed by atoms with Gasteiger partial charge in [-0.3, -0.25) is 0 Å². The molecule has 1 heterocycles. The average molecular weight is 189 g/mol. The molecule has 0 amide bonds. The summed E-state index contributed by atoms with van der Waals surface area (Å²) in [6.07, 6.45) is 1.21. The van der Waals surface area contributed by atoms with Crippen molar-refractivity contribution in [3.8, 4) is 0 Å². The van der Waals surface area contributed by atoms with Gasteiger partial charge in [0.1, 0.15) is 0 Å². The van der Waals surface area contributed by atoms with Gasteiger partial charge in [0.15, 0.2) is 0 Å². The molecule has 1 N–H and O–H groups in total. The van der Waals surface area contributed by atoms with Gasteiger partial charge in [-0.25, -0.2) is 0 Å². The van der Waals surface area contributed by atoms with Crippen LogP contribution in [0.25, 0.3) is 0 Å². The molecule has 1 aliphatic heterocycles. The van der Waals surface area contributed by atoms with Crippen LogP contribution in [0, 0.1) is 19.3 Å². The first kappa shape index (κ1) is 9.72. The van der Waals surface area contributed by atoms with Crippen molar-refractivity contribution >= 4 is 0 Å². The Morgan fingerprint density at radius 3 is 2.43 bits per heavy atom. The van der Waals surface area contributed by atoms with Crippen LogP contribution in [0.5, 0.6) is 0 Å². The van der Waals surface area contributed by atoms with Crippen LogP contribution < -0.4 is 5.32 Å². The third-order valence-electron chi connectivity index (χ3n) is 3.31. The highest BCUT2D eigenvalue weighted by Gasteiger charge is 2.31. The van der Waals surface area contributed by atoms with E-state index in [2.05, 4.69) is 44.3 Å². The predicted molar refractivity (Wildman–Crippen MR) is 60.6 cm³/mol. The SMILES string of the molecule is Cc1ccc(CC2(C)CNC2)cc1C. The van der Waals surface area contributed by atoms with Crippen molar-refractivity contribution in [3.63, 3.8) is 0 Å². The van der Waals surface area contributed by atoms with Crippen LogP contribution in [0.3, 0.4) is 0 Å². The average Bonchev–Trinajstić information content (AvgIpc) is 2.09. The normalized spacial score (nSPS) is 19.1. The van der Waals surface area contributed by atoms with Gasteiger partial charge in [-0.1, -0.05) is 25.1 Å². The minimum atomic E-state index is 0.502. The molecule has 0 bridgehead atoms. The Morgan fingerprint density at radius 2 is 1.93 bits per heavy atom. The number of aryl methyl sites for hydroxylation is 2. The maximum absolute atomic E-state index is 3.35. The van der Waals surface area contributed by atoms with E-state index in [1.54, 1.807) is 0 Å². The van der Waals surface area contributed by atoms with Gasteiger partial charge in [0.25, 0.3) is 0 Å². The van der Waals surface area contributed by atoms with Crippen LogP contribution in [0.15, 0.2) is 18.2 Å². The molecule has 1 heteroatoms. The molecule has 0 unspecified atom stereocenters. The molecular weight excluding hydrogens is 170 g/mol. The molecule has 0 spiro atoms. The monoisotopic (exact) mass is 189 g/mol. The first-order chi connectivity index (χ1) is 6.59. The smallest absolute Gasteiger partial charge is 0.00208 e. The largest absolute Gasteiger partial charge is 0.316 e. The van der Waals surface area contributed by atoms with Crippen molar-refractivity contribution in [2.45, 2.75) is 27.2 Å². The molecule has 1 aromatic rings. The molecule has 76 valence electrons. The van der Waals surface area contributed by atoms with E-state index >= 15 is 0 Å². The number of rotatable bonds is 2. The molecular formula is C13H19N. The van der Waals surface area contributed by atoms with Gasteiger partial charge in [-0.15, -0.1) is 0 Å². The predicted octanol–water partition coefficient (Wildman–Crippen LogP) is 2.46. The Kier molecular flexibility index (Phi) is 2.36. The summed E-state index contributed by atoms with van der Waals surface area (Å²) in [4.78, 5) is 0. The Labute approximate surface area is 86.5 Å². The van der Waals surface area contributed by atoms with Crippen LogP contribution in [0.4, 0.5) is 0 Å². The fourth-order valence-electron chi connectivity index (χ4n) is 2.08. The third kappa shape index (κ3) is 1.83. The zero-order chi connectivity index (χ0) is 10.2. The molecule has 0 atom stereocenters. The van der Waals surface area contributed by atoms with E-state index in [1.165, 1.54) is 36.2 Å². The summed E-state index contributed by atoms with van der Waals surface area (Å²) in [6, 6.07) is 6.84. The minimum Gasteiger partial charge on any atom is -0.316 e. The first-order valence-electron chi connectivity index (χ1n) is 5.36. The fourth-order valence-corrected chi connectivity index (χ4v) is 2.08. The van der Waals surface area contributed by atoms with E-state index in [9.17, 15) is 0 Å². The highest BCUT2D eigenvalue weighted by Crippen LogP contribution is 2.27. The van der Waals surface area contributed by atoms with E-state index in [4.69, 9.17) is 0 Å². The van der Waals surface area contributed by atoms with E-state index < -0.39 is 0 Å². The summed E-state index contributed by atoms with van der Waals surface area (Å²) in [7, 11) is 0. The third-order valence-corrected chi connectivity index (χ3v) is 3.31. The van der Waals surface area contributed by atoms with Gasteiger partial charge in [0.05, 0.1) is 0 Å². The lowest BCUT2D eigenvalue weighted by Crippen LogP contribution is -2.52. The molecule has 14 heavy (non-hydrogen) atoms. The second-order valence-corrected chi connectivity index (χ2v) is 5.01. The molecule has 2 rings (SSSR count). The first-order valence-corrected chi connectivity index (χ1v) is 5.36. The van der Waals surface area contributed by atoms with E-state index in [0.717, 1.165) is 0 Å². The molecule has 1 aromatic carbocycles. The zero-order valence-corrected chi connectivity index (χ0v) is 9.35. The summed E-state index contributed by atoms with van der Waals surface area (Å²) in [5, 5.41) is 3.35. The van der Waals surface area contributed by atoms with E-state index in [1.807, 2.05) is 0 Å². The Bertz CT molecular complexity index is 337. The summed E-state index contributed by atoms with van der Waals surface area (Å²) in [6.45, 7) is 9.06. The molecule has 1 nitrogen and oxygen atoms in total. The quantitative estimate of drug-likeness (QED) is 0.753. The lowest BCUT2D eigenvalue weighted by atomic mass is 9.78. The molecule has 1 fully saturated rings. The van der Waals surface area contributed by atoms with Gasteiger partial charge >= 0.3 is 0 Å². The summed E-state index contributed by atoms with van der Waals surface area (Å²) >= 11 is 0. The Hall–Kier alpha value is -0.820. The maximum Gasteiger partial charge on any atom is 0.00208 e. The number of nitrogens with one attached hydrogen (secondary N) is 1. The van der Waals surface area contributed by atoms with Crippen LogP contribution in [-0.2, 0) is 6.42 Å².